The van der Waals surface area contributed by atoms with E-state index in [1.807, 2.05) is 0 Å². The number of hydrogen-bond acceptors (Lipinski definition) is 0. The summed E-state index contributed by atoms with van der Waals surface area (Å²) in [6.07, 6.45) is 6.58. The fourth-order valence-electron chi connectivity index (χ4n) is 1.20. The maximum absolute atomic E-state index is 3.40. The predicted molar refractivity (Wildman–Crippen MR) is 63.3 cm³/mol. The number of benzene rings is 1. The third-order valence-corrected chi connectivity index (χ3v) is 2.40. The van der Waals surface area contributed by atoms with E-state index in [1.54, 1.807) is 0 Å². The zero-order valence-electron chi connectivity index (χ0n) is 7.96. The van der Waals surface area contributed by atoms with Crippen molar-refractivity contribution in [3.05, 3.63) is 41.5 Å². The van der Waals surface area contributed by atoms with E-state index < -0.39 is 0 Å². The average Bonchev–Trinajstić information content (AvgIpc) is 2.19. The molecule has 13 heavy (non-hydrogen) atoms. The Morgan fingerprint density at radius 3 is 2.92 bits per heavy atom. The summed E-state index contributed by atoms with van der Waals surface area (Å²) >= 11 is 3.40. The van der Waals surface area contributed by atoms with Crippen LogP contribution in [0.2, 0.25) is 0 Å². The van der Waals surface area contributed by atoms with Gasteiger partial charge in [0.05, 0.1) is 0 Å². The standard InChI is InChI=1S/C12H15Br/c1-2-11-7-5-8-12(10-11)6-3-4-9-13/h3,5-8,10H,2,4,9H2,1H3/b6-3+. The molecule has 1 rings (SSSR count). The molecule has 0 fully saturated rings. The molecule has 1 heteroatoms. The summed E-state index contributed by atoms with van der Waals surface area (Å²) < 4.78 is 0. The first-order valence-corrected chi connectivity index (χ1v) is 5.80. The summed E-state index contributed by atoms with van der Waals surface area (Å²) in [5.74, 6) is 0. The fraction of sp³-hybridized carbons (Fsp3) is 0.333. The Morgan fingerprint density at radius 2 is 2.23 bits per heavy atom. The molecule has 1 aromatic carbocycles. The molecule has 0 aliphatic heterocycles. The molecule has 0 heterocycles. The topological polar surface area (TPSA) is 0 Å². The molecule has 0 N–H and O–H groups in total. The smallest absolute Gasteiger partial charge is 0.00660 e. The van der Waals surface area contributed by atoms with Gasteiger partial charge in [-0.25, -0.2) is 0 Å². The Morgan fingerprint density at radius 1 is 1.38 bits per heavy atom. The van der Waals surface area contributed by atoms with Crippen LogP contribution in [0.15, 0.2) is 30.3 Å². The van der Waals surface area contributed by atoms with Crippen molar-refractivity contribution in [1.82, 2.24) is 0 Å². The molecule has 0 saturated carbocycles. The third-order valence-electron chi connectivity index (χ3n) is 1.95. The molecule has 0 radical (unpaired) electrons. The summed E-state index contributed by atoms with van der Waals surface area (Å²) in [5, 5.41) is 1.04. The monoisotopic (exact) mass is 238 g/mol. The maximum Gasteiger partial charge on any atom is 0.00660 e. The van der Waals surface area contributed by atoms with E-state index in [9.17, 15) is 0 Å². The second kappa shape index (κ2) is 5.98. The molecule has 70 valence electrons. The lowest BCUT2D eigenvalue weighted by Gasteiger charge is -1.97. The molecule has 0 aliphatic carbocycles. The van der Waals surface area contributed by atoms with Crippen LogP contribution in [0.25, 0.3) is 6.08 Å². The lowest BCUT2D eigenvalue weighted by atomic mass is 10.1. The van der Waals surface area contributed by atoms with Gasteiger partial charge in [-0.15, -0.1) is 0 Å². The summed E-state index contributed by atoms with van der Waals surface area (Å²) in [7, 11) is 0. The molecule has 0 aromatic heterocycles. The van der Waals surface area contributed by atoms with Crippen molar-refractivity contribution < 1.29 is 0 Å². The molecule has 0 spiro atoms. The lowest BCUT2D eigenvalue weighted by molar-refractivity contribution is 1.14. The highest BCUT2D eigenvalue weighted by molar-refractivity contribution is 9.09. The molecular formula is C12H15Br. The van der Waals surface area contributed by atoms with Gasteiger partial charge in [-0.3, -0.25) is 0 Å². The van der Waals surface area contributed by atoms with Gasteiger partial charge >= 0.3 is 0 Å². The number of aryl methyl sites for hydroxylation is 1. The number of rotatable bonds is 4. The highest BCUT2D eigenvalue weighted by atomic mass is 79.9. The van der Waals surface area contributed by atoms with E-state index in [4.69, 9.17) is 0 Å². The van der Waals surface area contributed by atoms with Crippen LogP contribution in [0.4, 0.5) is 0 Å². The van der Waals surface area contributed by atoms with Crippen molar-refractivity contribution in [3.63, 3.8) is 0 Å². The molecule has 0 nitrogen and oxygen atoms in total. The number of hydrogen-bond donors (Lipinski definition) is 0. The predicted octanol–water partition coefficient (Wildman–Crippen LogP) is 4.05. The van der Waals surface area contributed by atoms with Crippen LogP contribution in [0.3, 0.4) is 0 Å². The molecule has 1 aromatic rings. The van der Waals surface area contributed by atoms with E-state index in [0.717, 1.165) is 18.2 Å². The van der Waals surface area contributed by atoms with Crippen LogP contribution in [0.5, 0.6) is 0 Å². The highest BCUT2D eigenvalue weighted by Crippen LogP contribution is 2.08. The maximum atomic E-state index is 3.40. The van der Waals surface area contributed by atoms with Gasteiger partial charge in [0.1, 0.15) is 0 Å². The third kappa shape index (κ3) is 3.77. The Kier molecular flexibility index (Phi) is 4.84. The minimum absolute atomic E-state index is 1.04. The van der Waals surface area contributed by atoms with E-state index in [2.05, 4.69) is 59.3 Å². The first kappa shape index (κ1) is 10.5. The van der Waals surface area contributed by atoms with Gasteiger partial charge in [0.25, 0.3) is 0 Å². The van der Waals surface area contributed by atoms with Crippen LogP contribution in [-0.2, 0) is 6.42 Å². The number of alkyl halides is 1. The highest BCUT2D eigenvalue weighted by Gasteiger charge is 1.89. The van der Waals surface area contributed by atoms with E-state index >= 15 is 0 Å². The van der Waals surface area contributed by atoms with Crippen molar-refractivity contribution in [2.75, 3.05) is 5.33 Å². The molecular weight excluding hydrogens is 224 g/mol. The van der Waals surface area contributed by atoms with Crippen molar-refractivity contribution in [2.24, 2.45) is 0 Å². The summed E-state index contributed by atoms with van der Waals surface area (Å²) in [4.78, 5) is 0. The van der Waals surface area contributed by atoms with Gasteiger partial charge in [-0.2, -0.15) is 0 Å². The van der Waals surface area contributed by atoms with Gasteiger partial charge < -0.3 is 0 Å². The summed E-state index contributed by atoms with van der Waals surface area (Å²) in [5.41, 5.74) is 2.71. The van der Waals surface area contributed by atoms with E-state index in [1.165, 1.54) is 11.1 Å². The Hall–Kier alpha value is -0.560. The molecule has 0 amide bonds. The van der Waals surface area contributed by atoms with Crippen molar-refractivity contribution >= 4 is 22.0 Å². The zero-order chi connectivity index (χ0) is 9.52. The Labute approximate surface area is 88.8 Å². The quantitative estimate of drug-likeness (QED) is 0.695. The first-order valence-electron chi connectivity index (χ1n) is 4.68. The molecule has 0 unspecified atom stereocenters. The molecule has 0 atom stereocenters. The van der Waals surface area contributed by atoms with E-state index in [-0.39, 0.29) is 0 Å². The SMILES string of the molecule is CCc1cccc(/C=C/CCBr)c1. The molecule has 0 aliphatic rings. The number of halogens is 1. The largest absolute Gasteiger partial charge is 0.0925 e. The fourth-order valence-corrected chi connectivity index (χ4v) is 1.46. The van der Waals surface area contributed by atoms with Crippen LogP contribution in [0.1, 0.15) is 24.5 Å². The molecule has 0 bridgehead atoms. The zero-order valence-corrected chi connectivity index (χ0v) is 9.55. The molecule has 0 saturated heterocycles. The average molecular weight is 239 g/mol. The van der Waals surface area contributed by atoms with Crippen LogP contribution < -0.4 is 0 Å². The van der Waals surface area contributed by atoms with Gasteiger partial charge in [0.2, 0.25) is 0 Å². The van der Waals surface area contributed by atoms with Crippen LogP contribution in [-0.4, -0.2) is 5.33 Å². The van der Waals surface area contributed by atoms with Crippen LogP contribution >= 0.6 is 15.9 Å². The number of allylic oxidation sites excluding steroid dienone is 1. The minimum atomic E-state index is 1.04. The Balaban J connectivity index is 2.66. The summed E-state index contributed by atoms with van der Waals surface area (Å²) in [6.45, 7) is 2.18. The van der Waals surface area contributed by atoms with Gasteiger partial charge in [0, 0.05) is 5.33 Å². The normalized spacial score (nSPS) is 10.9. The van der Waals surface area contributed by atoms with Gasteiger partial charge in [-0.1, -0.05) is 59.3 Å². The second-order valence-corrected chi connectivity index (χ2v) is 3.77. The van der Waals surface area contributed by atoms with Crippen molar-refractivity contribution in [1.29, 1.82) is 0 Å². The van der Waals surface area contributed by atoms with Crippen LogP contribution in [0, 0.1) is 0 Å². The summed E-state index contributed by atoms with van der Waals surface area (Å²) in [6, 6.07) is 8.67. The van der Waals surface area contributed by atoms with Crippen molar-refractivity contribution in [3.8, 4) is 0 Å². The Bertz CT molecular complexity index is 276. The first-order chi connectivity index (χ1) is 6.36. The van der Waals surface area contributed by atoms with Gasteiger partial charge in [-0.05, 0) is 24.0 Å². The minimum Gasteiger partial charge on any atom is -0.0925 e. The van der Waals surface area contributed by atoms with Crippen molar-refractivity contribution in [2.45, 2.75) is 19.8 Å². The van der Waals surface area contributed by atoms with E-state index in [0.29, 0.717) is 0 Å². The lowest BCUT2D eigenvalue weighted by Crippen LogP contribution is -1.80. The second-order valence-electron chi connectivity index (χ2n) is 2.98. The van der Waals surface area contributed by atoms with Gasteiger partial charge in [0.15, 0.2) is 0 Å².